The summed E-state index contributed by atoms with van der Waals surface area (Å²) in [5.74, 6) is 0.286. The largest absolute Gasteiger partial charge is 0.493 e. The van der Waals surface area contributed by atoms with Gasteiger partial charge in [0.25, 0.3) is 11.5 Å². The molecule has 3 aromatic rings. The van der Waals surface area contributed by atoms with Crippen LogP contribution in [0.4, 0.5) is 5.69 Å². The third-order valence-electron chi connectivity index (χ3n) is 5.50. The van der Waals surface area contributed by atoms with Gasteiger partial charge in [0.2, 0.25) is 11.5 Å². The number of ether oxygens (including phenoxy) is 3. The number of nitrogens with zero attached hydrogens (tertiary/aromatic N) is 1. The molecule has 0 aliphatic carbocycles. The van der Waals surface area contributed by atoms with Crippen molar-refractivity contribution in [2.75, 3.05) is 32.8 Å². The molecule has 0 fully saturated rings. The van der Waals surface area contributed by atoms with Gasteiger partial charge in [0.1, 0.15) is 5.57 Å². The molecule has 1 amide bonds. The lowest BCUT2D eigenvalue weighted by Gasteiger charge is -2.28. The second-order valence-corrected chi connectivity index (χ2v) is 7.24. The average Bonchev–Trinajstić information content (AvgIpc) is 3.18. The molecule has 0 spiro atoms. The van der Waals surface area contributed by atoms with E-state index in [4.69, 9.17) is 14.2 Å². The van der Waals surface area contributed by atoms with Gasteiger partial charge in [0.05, 0.1) is 37.6 Å². The van der Waals surface area contributed by atoms with Crippen LogP contribution in [0.5, 0.6) is 17.2 Å². The lowest BCUT2D eigenvalue weighted by molar-refractivity contribution is -0.113. The van der Waals surface area contributed by atoms with Crippen LogP contribution in [0.15, 0.2) is 41.2 Å². The number of aromatic nitrogens is 2. The van der Waals surface area contributed by atoms with E-state index in [2.05, 4.69) is 10.2 Å². The molecule has 0 unspecified atom stereocenters. The molecule has 4 rings (SSSR count). The smallest absolute Gasteiger partial charge is 0.271 e. The average molecular weight is 449 g/mol. The molecule has 2 heterocycles. The van der Waals surface area contributed by atoms with Gasteiger partial charge in [-0.15, -0.1) is 0 Å². The topological polar surface area (TPSA) is 114 Å². The van der Waals surface area contributed by atoms with E-state index in [1.54, 1.807) is 42.5 Å². The number of ketones is 1. The lowest BCUT2D eigenvalue weighted by atomic mass is 9.94. The molecule has 0 bridgehead atoms. The molecular formula is C24H23N3O6. The highest BCUT2D eigenvalue weighted by molar-refractivity contribution is 6.51. The molecule has 9 nitrogen and oxygen atoms in total. The van der Waals surface area contributed by atoms with Gasteiger partial charge in [-0.25, -0.2) is 0 Å². The third kappa shape index (κ3) is 3.57. The molecule has 0 saturated carbocycles. The van der Waals surface area contributed by atoms with Crippen molar-refractivity contribution in [2.45, 2.75) is 6.92 Å². The molecule has 2 N–H and O–H groups in total. The fraction of sp³-hybridized carbons (Fsp3) is 0.208. The minimum Gasteiger partial charge on any atom is -0.493 e. The highest BCUT2D eigenvalue weighted by Gasteiger charge is 2.35. The summed E-state index contributed by atoms with van der Waals surface area (Å²) in [6.45, 7) is 2.19. The molecule has 0 saturated heterocycles. The Kier molecular flexibility index (Phi) is 5.78. The maximum absolute atomic E-state index is 13.3. The first kappa shape index (κ1) is 21.9. The second kappa shape index (κ2) is 8.70. The van der Waals surface area contributed by atoms with E-state index in [1.165, 1.54) is 26.2 Å². The summed E-state index contributed by atoms with van der Waals surface area (Å²) in [6.07, 6.45) is 1.56. The van der Waals surface area contributed by atoms with E-state index in [9.17, 15) is 14.4 Å². The van der Waals surface area contributed by atoms with E-state index < -0.39 is 17.2 Å². The van der Waals surface area contributed by atoms with Crippen molar-refractivity contribution in [3.8, 4) is 17.2 Å². The number of carbonyl (C=O) groups excluding carboxylic acids is 2. The predicted molar refractivity (Wildman–Crippen MR) is 123 cm³/mol. The van der Waals surface area contributed by atoms with Crippen LogP contribution in [0, 0.1) is 0 Å². The first-order chi connectivity index (χ1) is 15.9. The van der Waals surface area contributed by atoms with E-state index in [1.807, 2.05) is 6.92 Å². The third-order valence-corrected chi connectivity index (χ3v) is 5.50. The van der Waals surface area contributed by atoms with Crippen LogP contribution in [0.3, 0.4) is 0 Å². The van der Waals surface area contributed by atoms with Crippen molar-refractivity contribution < 1.29 is 23.8 Å². The Morgan fingerprint density at radius 1 is 0.939 bits per heavy atom. The normalized spacial score (nSPS) is 15.5. The molecule has 1 aliphatic heterocycles. The van der Waals surface area contributed by atoms with Crippen molar-refractivity contribution in [3.63, 3.8) is 0 Å². The number of Topliss-reactive ketones (excluding diaryl/α,β-unsaturated/α-hetero) is 1. The summed E-state index contributed by atoms with van der Waals surface area (Å²) in [5.41, 5.74) is 0.919. The quantitative estimate of drug-likeness (QED) is 0.600. The number of benzene rings is 2. The molecular weight excluding hydrogens is 426 g/mol. The number of hydrogen-bond acceptors (Lipinski definition) is 6. The number of fused-ring (bicyclic) bond motifs is 1. The number of nitrogens with one attached hydrogen (secondary N) is 2. The Morgan fingerprint density at radius 3 is 2.21 bits per heavy atom. The molecule has 170 valence electrons. The Morgan fingerprint density at radius 2 is 1.61 bits per heavy atom. The van der Waals surface area contributed by atoms with E-state index in [0.29, 0.717) is 40.6 Å². The lowest BCUT2D eigenvalue weighted by Crippen LogP contribution is -2.45. The van der Waals surface area contributed by atoms with E-state index >= 15 is 0 Å². The van der Waals surface area contributed by atoms with Gasteiger partial charge < -0.3 is 19.1 Å². The maximum Gasteiger partial charge on any atom is 0.271 e. The summed E-state index contributed by atoms with van der Waals surface area (Å²) < 4.78 is 16.1. The number of amides is 1. The highest BCUT2D eigenvalue weighted by Crippen LogP contribution is 2.38. The van der Waals surface area contributed by atoms with Crippen LogP contribution >= 0.6 is 0 Å². The van der Waals surface area contributed by atoms with Crippen molar-refractivity contribution in [3.05, 3.63) is 68.4 Å². The summed E-state index contributed by atoms with van der Waals surface area (Å²) in [4.78, 5) is 40.8. The van der Waals surface area contributed by atoms with Crippen molar-refractivity contribution in [1.82, 2.24) is 10.2 Å². The molecule has 2 aromatic carbocycles. The number of carbonyl (C=O) groups is 2. The minimum absolute atomic E-state index is 0.104. The summed E-state index contributed by atoms with van der Waals surface area (Å²) in [7, 11) is 4.47. The van der Waals surface area contributed by atoms with Gasteiger partial charge in [0.15, 0.2) is 11.5 Å². The van der Waals surface area contributed by atoms with Gasteiger partial charge in [-0.2, -0.15) is 0 Å². The first-order valence-corrected chi connectivity index (χ1v) is 10.2. The van der Waals surface area contributed by atoms with Crippen LogP contribution in [-0.2, 0) is 4.79 Å². The Bertz CT molecular complexity index is 1410. The zero-order valence-corrected chi connectivity index (χ0v) is 18.6. The fourth-order valence-corrected chi connectivity index (χ4v) is 3.97. The number of anilines is 1. The number of methoxy groups -OCH3 is 3. The van der Waals surface area contributed by atoms with Gasteiger partial charge in [-0.3, -0.25) is 24.6 Å². The Hall–Kier alpha value is -4.27. The zero-order chi connectivity index (χ0) is 23.7. The van der Waals surface area contributed by atoms with E-state index in [-0.39, 0.29) is 16.1 Å². The second-order valence-electron chi connectivity index (χ2n) is 7.24. The highest BCUT2D eigenvalue weighted by atomic mass is 16.5. The molecule has 9 heteroatoms. The number of aromatic amines is 2. The van der Waals surface area contributed by atoms with Crippen LogP contribution in [0.1, 0.15) is 22.8 Å². The Balaban J connectivity index is 2.02. The van der Waals surface area contributed by atoms with Crippen molar-refractivity contribution in [1.29, 1.82) is 0 Å². The maximum atomic E-state index is 13.3. The summed E-state index contributed by atoms with van der Waals surface area (Å²) >= 11 is 0. The summed E-state index contributed by atoms with van der Waals surface area (Å²) in [5, 5.41) is 5.47. The zero-order valence-electron chi connectivity index (χ0n) is 18.6. The SMILES string of the molecule is CCN1C(=O)/C(=c2/[nH][nH]c(=O)/c2=C\c2cc(OC)c(OC)c(OC)c2)C(=O)c2ccccc21. The first-order valence-electron chi connectivity index (χ1n) is 10.2. The van der Waals surface area contributed by atoms with Gasteiger partial charge in [-0.05, 0) is 42.8 Å². The molecule has 1 aliphatic rings. The number of H-pyrrole nitrogens is 2. The van der Waals surface area contributed by atoms with E-state index in [0.717, 1.165) is 0 Å². The standard InChI is InChI=1S/C24H23N3O6/c1-5-27-16-9-7-6-8-14(16)21(28)19(24(27)30)20-15(23(29)26-25-20)10-13-11-17(31-2)22(33-4)18(12-13)32-3/h6-12,25H,5H2,1-4H3,(H,26,29)/b15-10-,20-19+. The fourth-order valence-electron chi connectivity index (χ4n) is 3.97. The van der Waals surface area contributed by atoms with Crippen molar-refractivity contribution in [2.24, 2.45) is 0 Å². The Labute approximate surface area is 188 Å². The number of hydrogen-bond donors (Lipinski definition) is 2. The molecule has 0 radical (unpaired) electrons. The molecule has 1 aromatic heterocycles. The van der Waals surface area contributed by atoms with Crippen molar-refractivity contribution >= 4 is 29.0 Å². The minimum atomic E-state index is -0.478. The number of para-hydroxylation sites is 1. The summed E-state index contributed by atoms with van der Waals surface area (Å²) in [6, 6.07) is 10.2. The predicted octanol–water partition coefficient (Wildman–Crippen LogP) is 0.958. The van der Waals surface area contributed by atoms with Crippen LogP contribution in [0.2, 0.25) is 0 Å². The molecule has 0 atom stereocenters. The number of rotatable bonds is 5. The van der Waals surface area contributed by atoms with Crippen LogP contribution in [-0.4, -0.2) is 49.8 Å². The van der Waals surface area contributed by atoms with Gasteiger partial charge in [-0.1, -0.05) is 12.1 Å². The van der Waals surface area contributed by atoms with Crippen LogP contribution in [0.25, 0.3) is 11.6 Å². The monoisotopic (exact) mass is 449 g/mol. The van der Waals surface area contributed by atoms with Gasteiger partial charge in [0, 0.05) is 12.1 Å². The molecule has 33 heavy (non-hydrogen) atoms. The van der Waals surface area contributed by atoms with Crippen LogP contribution < -0.4 is 35.2 Å². The van der Waals surface area contributed by atoms with Gasteiger partial charge >= 0.3 is 0 Å².